The fourth-order valence-electron chi connectivity index (χ4n) is 1.88. The molecule has 2 aromatic carbocycles. The number of halogens is 2. The van der Waals surface area contributed by atoms with Crippen LogP contribution in [-0.2, 0) is 0 Å². The Labute approximate surface area is 131 Å². The summed E-state index contributed by atoms with van der Waals surface area (Å²) >= 11 is 9.30. The molecule has 0 aliphatic heterocycles. The average Bonchev–Trinajstić information content (AvgIpc) is 2.42. The van der Waals surface area contributed by atoms with Gasteiger partial charge in [-0.05, 0) is 65.2 Å². The third-order valence-corrected chi connectivity index (χ3v) is 4.37. The molecule has 0 heterocycles. The number of hydrogen-bond donors (Lipinski definition) is 2. The van der Waals surface area contributed by atoms with E-state index in [9.17, 15) is 4.79 Å². The molecule has 0 saturated heterocycles. The van der Waals surface area contributed by atoms with Crippen molar-refractivity contribution in [1.82, 2.24) is 0 Å². The number of aryl methyl sites for hydroxylation is 1. The van der Waals surface area contributed by atoms with Crippen molar-refractivity contribution in [1.29, 1.82) is 0 Å². The molecule has 0 unspecified atom stereocenters. The van der Waals surface area contributed by atoms with Crippen LogP contribution in [0.4, 0.5) is 11.4 Å². The topological polar surface area (TPSA) is 55.1 Å². The molecule has 2 aromatic rings. The normalized spacial score (nSPS) is 10.4. The summed E-state index contributed by atoms with van der Waals surface area (Å²) in [7, 11) is 0. The third-order valence-electron chi connectivity index (χ3n) is 3.14. The summed E-state index contributed by atoms with van der Waals surface area (Å²) in [5.74, 6) is -0.212. The molecule has 0 spiro atoms. The maximum Gasteiger partial charge on any atom is 0.255 e. The number of nitrogens with one attached hydrogen (secondary N) is 1. The highest BCUT2D eigenvalue weighted by atomic mass is 79.9. The Kier molecular flexibility index (Phi) is 4.35. The molecule has 20 heavy (non-hydrogen) atoms. The molecule has 2 rings (SSSR count). The number of amides is 1. The van der Waals surface area contributed by atoms with Gasteiger partial charge in [-0.25, -0.2) is 0 Å². The van der Waals surface area contributed by atoms with Crippen molar-refractivity contribution in [3.05, 3.63) is 56.5 Å². The average molecular weight is 354 g/mol. The first-order valence-electron chi connectivity index (χ1n) is 6.02. The number of rotatable bonds is 2. The van der Waals surface area contributed by atoms with Crippen LogP contribution in [0.1, 0.15) is 21.5 Å². The predicted octanol–water partition coefficient (Wildman–Crippen LogP) is 4.55. The number of nitrogens with two attached hydrogens (primary N) is 1. The summed E-state index contributed by atoms with van der Waals surface area (Å²) in [5, 5.41) is 3.39. The number of hydrogen-bond acceptors (Lipinski definition) is 2. The zero-order valence-electron chi connectivity index (χ0n) is 11.1. The molecule has 0 aliphatic rings. The summed E-state index contributed by atoms with van der Waals surface area (Å²) in [6.07, 6.45) is 0. The molecule has 0 aromatic heterocycles. The number of nitrogen functional groups attached to an aromatic ring is 1. The first-order chi connectivity index (χ1) is 9.40. The number of benzene rings is 2. The lowest BCUT2D eigenvalue weighted by molar-refractivity contribution is 0.102. The van der Waals surface area contributed by atoms with Crippen LogP contribution in [0.25, 0.3) is 0 Å². The van der Waals surface area contributed by atoms with Gasteiger partial charge in [0.15, 0.2) is 0 Å². The fraction of sp³-hybridized carbons (Fsp3) is 0.133. The van der Waals surface area contributed by atoms with Crippen LogP contribution in [-0.4, -0.2) is 5.91 Å². The van der Waals surface area contributed by atoms with Gasteiger partial charge in [-0.2, -0.15) is 0 Å². The minimum absolute atomic E-state index is 0.212. The lowest BCUT2D eigenvalue weighted by atomic mass is 10.1. The Morgan fingerprint density at radius 3 is 2.60 bits per heavy atom. The van der Waals surface area contributed by atoms with E-state index in [1.165, 1.54) is 0 Å². The van der Waals surface area contributed by atoms with Crippen LogP contribution >= 0.6 is 27.5 Å². The van der Waals surface area contributed by atoms with Crippen molar-refractivity contribution in [2.45, 2.75) is 13.8 Å². The smallest absolute Gasteiger partial charge is 0.255 e. The van der Waals surface area contributed by atoms with Gasteiger partial charge in [0, 0.05) is 21.4 Å². The molecule has 0 bridgehead atoms. The molecule has 3 N–H and O–H groups in total. The van der Waals surface area contributed by atoms with Gasteiger partial charge in [0.05, 0.1) is 5.02 Å². The van der Waals surface area contributed by atoms with E-state index in [-0.39, 0.29) is 5.91 Å². The van der Waals surface area contributed by atoms with Gasteiger partial charge in [-0.3, -0.25) is 4.79 Å². The number of carbonyl (C=O) groups excluding carboxylic acids is 1. The SMILES string of the molecule is Cc1ccc(N)c(C)c1NC(=O)c1ccc(Br)c(Cl)c1. The van der Waals surface area contributed by atoms with E-state index in [4.69, 9.17) is 17.3 Å². The van der Waals surface area contributed by atoms with E-state index in [1.54, 1.807) is 18.2 Å². The lowest BCUT2D eigenvalue weighted by Gasteiger charge is -2.13. The maximum absolute atomic E-state index is 12.3. The molecular weight excluding hydrogens is 340 g/mol. The van der Waals surface area contributed by atoms with Crippen molar-refractivity contribution in [3.8, 4) is 0 Å². The van der Waals surface area contributed by atoms with Crippen molar-refractivity contribution in [3.63, 3.8) is 0 Å². The lowest BCUT2D eigenvalue weighted by Crippen LogP contribution is -2.14. The standard InChI is InChI=1S/C15H14BrClN2O/c1-8-3-6-13(18)9(2)14(8)19-15(20)10-4-5-11(16)12(17)7-10/h3-7H,18H2,1-2H3,(H,19,20). The Bertz CT molecular complexity index is 686. The third kappa shape index (κ3) is 2.97. The van der Waals surface area contributed by atoms with Crippen LogP contribution in [0.15, 0.2) is 34.8 Å². The van der Waals surface area contributed by atoms with Gasteiger partial charge in [0.25, 0.3) is 5.91 Å². The van der Waals surface area contributed by atoms with Gasteiger partial charge in [0.2, 0.25) is 0 Å². The molecule has 0 fully saturated rings. The van der Waals surface area contributed by atoms with Crippen LogP contribution < -0.4 is 11.1 Å². The number of carbonyl (C=O) groups is 1. The van der Waals surface area contributed by atoms with Crippen LogP contribution in [0.2, 0.25) is 5.02 Å². The van der Waals surface area contributed by atoms with Crippen LogP contribution in [0, 0.1) is 13.8 Å². The van der Waals surface area contributed by atoms with Crippen molar-refractivity contribution in [2.24, 2.45) is 0 Å². The zero-order valence-corrected chi connectivity index (χ0v) is 13.5. The minimum atomic E-state index is -0.212. The molecular formula is C15H14BrClN2O. The van der Waals surface area contributed by atoms with Gasteiger partial charge < -0.3 is 11.1 Å². The van der Waals surface area contributed by atoms with Gasteiger partial charge >= 0.3 is 0 Å². The second kappa shape index (κ2) is 5.85. The van der Waals surface area contributed by atoms with E-state index >= 15 is 0 Å². The molecule has 1 amide bonds. The molecule has 3 nitrogen and oxygen atoms in total. The van der Waals surface area contributed by atoms with Crippen molar-refractivity contribution >= 4 is 44.8 Å². The van der Waals surface area contributed by atoms with E-state index in [0.29, 0.717) is 16.3 Å². The Morgan fingerprint density at radius 2 is 1.95 bits per heavy atom. The van der Waals surface area contributed by atoms with Crippen molar-refractivity contribution < 1.29 is 4.79 Å². The summed E-state index contributed by atoms with van der Waals surface area (Å²) in [4.78, 5) is 12.3. The molecule has 0 aliphatic carbocycles. The van der Waals surface area contributed by atoms with E-state index in [1.807, 2.05) is 26.0 Å². The molecule has 104 valence electrons. The molecule has 0 atom stereocenters. The van der Waals surface area contributed by atoms with E-state index < -0.39 is 0 Å². The molecule has 0 saturated carbocycles. The highest BCUT2D eigenvalue weighted by Crippen LogP contribution is 2.27. The first-order valence-corrected chi connectivity index (χ1v) is 7.19. The first kappa shape index (κ1) is 14.9. The monoisotopic (exact) mass is 352 g/mol. The van der Waals surface area contributed by atoms with Gasteiger partial charge in [-0.1, -0.05) is 17.7 Å². The minimum Gasteiger partial charge on any atom is -0.398 e. The predicted molar refractivity (Wildman–Crippen MR) is 87.4 cm³/mol. The van der Waals surface area contributed by atoms with Crippen LogP contribution in [0.3, 0.4) is 0 Å². The quantitative estimate of drug-likeness (QED) is 0.778. The number of anilines is 2. The highest BCUT2D eigenvalue weighted by Gasteiger charge is 2.12. The Balaban J connectivity index is 2.32. The Hall–Kier alpha value is -1.52. The van der Waals surface area contributed by atoms with E-state index in [0.717, 1.165) is 21.3 Å². The van der Waals surface area contributed by atoms with Crippen LogP contribution in [0.5, 0.6) is 0 Å². The van der Waals surface area contributed by atoms with Crippen molar-refractivity contribution in [2.75, 3.05) is 11.1 Å². The zero-order chi connectivity index (χ0) is 14.9. The Morgan fingerprint density at radius 1 is 1.25 bits per heavy atom. The summed E-state index contributed by atoms with van der Waals surface area (Å²) < 4.78 is 0.757. The summed E-state index contributed by atoms with van der Waals surface area (Å²) in [6, 6.07) is 8.79. The van der Waals surface area contributed by atoms with Gasteiger partial charge in [-0.15, -0.1) is 0 Å². The second-order valence-corrected chi connectivity index (χ2v) is 5.82. The summed E-state index contributed by atoms with van der Waals surface area (Å²) in [5.41, 5.74) is 9.59. The van der Waals surface area contributed by atoms with E-state index in [2.05, 4.69) is 21.2 Å². The molecule has 5 heteroatoms. The summed E-state index contributed by atoms with van der Waals surface area (Å²) in [6.45, 7) is 3.81. The molecule has 0 radical (unpaired) electrons. The van der Waals surface area contributed by atoms with Gasteiger partial charge in [0.1, 0.15) is 0 Å². The second-order valence-electron chi connectivity index (χ2n) is 4.55. The fourth-order valence-corrected chi connectivity index (χ4v) is 2.31. The maximum atomic E-state index is 12.3. The highest BCUT2D eigenvalue weighted by molar-refractivity contribution is 9.10. The largest absolute Gasteiger partial charge is 0.398 e.